The average Bonchev–Trinajstić information content (AvgIpc) is 2.67. The van der Waals surface area contributed by atoms with E-state index >= 15 is 0 Å². The third-order valence-corrected chi connectivity index (χ3v) is 4.00. The Morgan fingerprint density at radius 1 is 1.26 bits per heavy atom. The molecular weight excluding hydrogens is 232 g/mol. The molecule has 0 aliphatic carbocycles. The summed E-state index contributed by atoms with van der Waals surface area (Å²) in [7, 11) is 2.15. The first-order valence-electron chi connectivity index (χ1n) is 7.26. The van der Waals surface area contributed by atoms with Crippen LogP contribution in [-0.4, -0.2) is 22.6 Å². The molecule has 1 fully saturated rings. The fourth-order valence-corrected chi connectivity index (χ4v) is 3.21. The van der Waals surface area contributed by atoms with Crippen molar-refractivity contribution in [3.8, 4) is 0 Å². The minimum atomic E-state index is 0.823. The van der Waals surface area contributed by atoms with Gasteiger partial charge in [0.15, 0.2) is 0 Å². The Bertz CT molecular complexity index is 446. The van der Waals surface area contributed by atoms with Crippen LogP contribution < -0.4 is 0 Å². The molecule has 19 heavy (non-hydrogen) atoms. The lowest BCUT2D eigenvalue weighted by atomic mass is 9.92. The number of likely N-dealkylation sites (tertiary alicyclic amines) is 1. The molecule has 2 nitrogen and oxygen atoms in total. The second kappa shape index (κ2) is 6.25. The zero-order valence-corrected chi connectivity index (χ0v) is 12.5. The van der Waals surface area contributed by atoms with E-state index in [0.717, 1.165) is 18.4 Å². The normalized spacial score (nSPS) is 25.0. The molecule has 1 aromatic rings. The Morgan fingerprint density at radius 2 is 1.95 bits per heavy atom. The monoisotopic (exact) mass is 258 g/mol. The second-order valence-corrected chi connectivity index (χ2v) is 6.04. The second-order valence-electron chi connectivity index (χ2n) is 6.04. The van der Waals surface area contributed by atoms with Crippen molar-refractivity contribution in [1.82, 2.24) is 9.47 Å². The van der Waals surface area contributed by atoms with Gasteiger partial charge in [0.2, 0.25) is 0 Å². The largest absolute Gasteiger partial charge is 0.347 e. The van der Waals surface area contributed by atoms with E-state index in [2.05, 4.69) is 55.1 Å². The van der Waals surface area contributed by atoms with Gasteiger partial charge in [0.25, 0.3) is 0 Å². The molecule has 0 saturated carbocycles. The summed E-state index contributed by atoms with van der Waals surface area (Å²) in [5.41, 5.74) is 2.64. The van der Waals surface area contributed by atoms with E-state index in [1.807, 2.05) is 12.2 Å². The highest BCUT2D eigenvalue weighted by atomic mass is 15.2. The molecule has 1 saturated heterocycles. The summed E-state index contributed by atoms with van der Waals surface area (Å²) in [5.74, 6) is 1.65. The standard InChI is InChI=1S/C17H26N2/c1-5-6-7-16-8-9-17(18(16)4)13-19-11-14(2)10-15(3)12-19/h5-9,14-15H,1,10-13H2,2-4H3/b7-6-. The average molecular weight is 258 g/mol. The summed E-state index contributed by atoms with van der Waals surface area (Å²) >= 11 is 0. The Balaban J connectivity index is 2.05. The van der Waals surface area contributed by atoms with Gasteiger partial charge in [0.05, 0.1) is 0 Å². The van der Waals surface area contributed by atoms with Crippen LogP contribution in [0.1, 0.15) is 31.7 Å². The number of allylic oxidation sites excluding steroid dienone is 2. The Morgan fingerprint density at radius 3 is 2.58 bits per heavy atom. The van der Waals surface area contributed by atoms with Gasteiger partial charge in [-0.1, -0.05) is 32.6 Å². The van der Waals surface area contributed by atoms with Crippen molar-refractivity contribution >= 4 is 6.08 Å². The van der Waals surface area contributed by atoms with E-state index in [0.29, 0.717) is 0 Å². The highest BCUT2D eigenvalue weighted by Crippen LogP contribution is 2.23. The van der Waals surface area contributed by atoms with E-state index in [-0.39, 0.29) is 0 Å². The Hall–Kier alpha value is -1.28. The number of piperidine rings is 1. The predicted octanol–water partition coefficient (Wildman–Crippen LogP) is 3.70. The summed E-state index contributed by atoms with van der Waals surface area (Å²) < 4.78 is 2.28. The van der Waals surface area contributed by atoms with Crippen molar-refractivity contribution in [1.29, 1.82) is 0 Å². The molecule has 0 N–H and O–H groups in total. The van der Waals surface area contributed by atoms with Crippen molar-refractivity contribution in [2.24, 2.45) is 18.9 Å². The van der Waals surface area contributed by atoms with Crippen LogP contribution in [0.25, 0.3) is 6.08 Å². The zero-order chi connectivity index (χ0) is 13.8. The Labute approximate surface area is 117 Å². The summed E-state index contributed by atoms with van der Waals surface area (Å²) in [6.07, 6.45) is 7.29. The van der Waals surface area contributed by atoms with Crippen LogP contribution in [0.3, 0.4) is 0 Å². The lowest BCUT2D eigenvalue weighted by molar-refractivity contribution is 0.132. The molecule has 0 aromatic carbocycles. The molecule has 2 unspecified atom stereocenters. The van der Waals surface area contributed by atoms with Crippen LogP contribution in [0.15, 0.2) is 30.9 Å². The summed E-state index contributed by atoms with van der Waals surface area (Å²) in [4.78, 5) is 2.59. The number of nitrogens with zero attached hydrogens (tertiary/aromatic N) is 2. The van der Waals surface area contributed by atoms with Crippen LogP contribution in [0.2, 0.25) is 0 Å². The zero-order valence-electron chi connectivity index (χ0n) is 12.5. The summed E-state index contributed by atoms with van der Waals surface area (Å²) in [6, 6.07) is 4.43. The van der Waals surface area contributed by atoms with E-state index in [1.54, 1.807) is 0 Å². The highest BCUT2D eigenvalue weighted by molar-refractivity contribution is 5.48. The van der Waals surface area contributed by atoms with Crippen molar-refractivity contribution in [3.05, 3.63) is 42.3 Å². The number of aromatic nitrogens is 1. The van der Waals surface area contributed by atoms with Crippen LogP contribution in [0.4, 0.5) is 0 Å². The van der Waals surface area contributed by atoms with Gasteiger partial charge in [-0.2, -0.15) is 0 Å². The molecule has 1 aliphatic heterocycles. The van der Waals surface area contributed by atoms with Gasteiger partial charge in [-0.15, -0.1) is 0 Å². The van der Waals surface area contributed by atoms with E-state index in [1.165, 1.54) is 30.9 Å². The van der Waals surface area contributed by atoms with Crippen LogP contribution in [0.5, 0.6) is 0 Å². The van der Waals surface area contributed by atoms with Gasteiger partial charge in [0.1, 0.15) is 0 Å². The molecule has 0 amide bonds. The number of rotatable bonds is 4. The summed E-state index contributed by atoms with van der Waals surface area (Å²) in [5, 5.41) is 0. The predicted molar refractivity (Wildman–Crippen MR) is 82.9 cm³/mol. The fraction of sp³-hybridized carbons (Fsp3) is 0.529. The van der Waals surface area contributed by atoms with Gasteiger partial charge in [-0.05, 0) is 36.5 Å². The van der Waals surface area contributed by atoms with E-state index in [9.17, 15) is 0 Å². The molecule has 1 aliphatic rings. The van der Waals surface area contributed by atoms with Gasteiger partial charge >= 0.3 is 0 Å². The number of hydrogen-bond acceptors (Lipinski definition) is 1. The van der Waals surface area contributed by atoms with Gasteiger partial charge in [-0.3, -0.25) is 4.90 Å². The molecule has 2 heteroatoms. The molecule has 0 radical (unpaired) electrons. The first-order valence-corrected chi connectivity index (χ1v) is 7.26. The van der Waals surface area contributed by atoms with E-state index in [4.69, 9.17) is 0 Å². The van der Waals surface area contributed by atoms with E-state index < -0.39 is 0 Å². The number of hydrogen-bond donors (Lipinski definition) is 0. The maximum atomic E-state index is 3.72. The molecule has 104 valence electrons. The smallest absolute Gasteiger partial charge is 0.0406 e. The highest BCUT2D eigenvalue weighted by Gasteiger charge is 2.22. The third-order valence-electron chi connectivity index (χ3n) is 4.00. The third kappa shape index (κ3) is 3.60. The van der Waals surface area contributed by atoms with Gasteiger partial charge in [-0.25, -0.2) is 0 Å². The lowest BCUT2D eigenvalue weighted by Gasteiger charge is -2.35. The lowest BCUT2D eigenvalue weighted by Crippen LogP contribution is -2.38. The summed E-state index contributed by atoms with van der Waals surface area (Å²) in [6.45, 7) is 12.0. The minimum absolute atomic E-state index is 0.823. The quantitative estimate of drug-likeness (QED) is 0.748. The van der Waals surface area contributed by atoms with Crippen LogP contribution >= 0.6 is 0 Å². The fourth-order valence-electron chi connectivity index (χ4n) is 3.21. The molecule has 2 heterocycles. The first-order chi connectivity index (χ1) is 9.10. The molecule has 0 spiro atoms. The molecule has 1 aromatic heterocycles. The maximum Gasteiger partial charge on any atom is 0.0406 e. The van der Waals surface area contributed by atoms with Gasteiger partial charge < -0.3 is 4.57 Å². The van der Waals surface area contributed by atoms with Crippen molar-refractivity contribution in [3.63, 3.8) is 0 Å². The molecule has 2 atom stereocenters. The van der Waals surface area contributed by atoms with Crippen LogP contribution in [-0.2, 0) is 13.6 Å². The van der Waals surface area contributed by atoms with Crippen molar-refractivity contribution in [2.45, 2.75) is 26.8 Å². The molecular formula is C17H26N2. The molecule has 0 bridgehead atoms. The first kappa shape index (κ1) is 14.1. The topological polar surface area (TPSA) is 8.17 Å². The van der Waals surface area contributed by atoms with Crippen molar-refractivity contribution < 1.29 is 0 Å². The SMILES string of the molecule is C=C/C=C\c1ccc(CN2CC(C)CC(C)C2)n1C. The van der Waals surface area contributed by atoms with Gasteiger partial charge in [0, 0.05) is 38.1 Å². The maximum absolute atomic E-state index is 3.72. The molecule has 2 rings (SSSR count). The Kier molecular flexibility index (Phi) is 4.65. The minimum Gasteiger partial charge on any atom is -0.347 e. The van der Waals surface area contributed by atoms with Crippen LogP contribution in [0, 0.1) is 11.8 Å². The van der Waals surface area contributed by atoms with Crippen molar-refractivity contribution in [2.75, 3.05) is 13.1 Å².